The molecular formula is C21H21ClFN5O4S2. The van der Waals surface area contributed by atoms with Gasteiger partial charge in [0, 0.05) is 49.5 Å². The molecule has 0 aliphatic carbocycles. The van der Waals surface area contributed by atoms with Crippen LogP contribution in [0.5, 0.6) is 5.75 Å². The standard InChI is InChI=1S/C21H21ClFN5O4S2/c1-14-24-21(33-25-14)26-34(30,31)17-5-2-15(3-6-17)27-8-10-28(11-9-27)20(29)13-32-16-4-7-19(23)18(22)12-16/h2-7,12H,8-11,13H2,1H3,(H,24,25,26). The van der Waals surface area contributed by atoms with Gasteiger partial charge in [-0.2, -0.15) is 4.37 Å². The van der Waals surface area contributed by atoms with E-state index >= 15 is 0 Å². The van der Waals surface area contributed by atoms with Gasteiger partial charge in [0.2, 0.25) is 5.13 Å². The maximum atomic E-state index is 13.2. The molecule has 1 aliphatic rings. The highest BCUT2D eigenvalue weighted by atomic mass is 35.5. The molecule has 0 saturated carbocycles. The average Bonchev–Trinajstić information content (AvgIpc) is 3.23. The van der Waals surface area contributed by atoms with Crippen molar-refractivity contribution in [1.29, 1.82) is 0 Å². The Morgan fingerprint density at radius 3 is 2.50 bits per heavy atom. The fraction of sp³-hybridized carbons (Fsp3) is 0.286. The second kappa shape index (κ2) is 10.1. The van der Waals surface area contributed by atoms with E-state index in [0.29, 0.717) is 37.8 Å². The van der Waals surface area contributed by atoms with Gasteiger partial charge < -0.3 is 14.5 Å². The predicted octanol–water partition coefficient (Wildman–Crippen LogP) is 3.17. The zero-order valence-electron chi connectivity index (χ0n) is 18.1. The number of carbonyl (C=O) groups excluding carboxylic acids is 1. The molecule has 1 aromatic heterocycles. The second-order valence-electron chi connectivity index (χ2n) is 7.48. The van der Waals surface area contributed by atoms with E-state index in [4.69, 9.17) is 16.3 Å². The van der Waals surface area contributed by atoms with Gasteiger partial charge in [-0.05, 0) is 43.3 Å². The molecule has 0 unspecified atom stereocenters. The summed E-state index contributed by atoms with van der Waals surface area (Å²) in [4.78, 5) is 20.4. The maximum Gasteiger partial charge on any atom is 0.263 e. The molecule has 0 spiro atoms. The molecule has 9 nitrogen and oxygen atoms in total. The van der Waals surface area contributed by atoms with Crippen LogP contribution in [0.25, 0.3) is 0 Å². The number of rotatable bonds is 7. The lowest BCUT2D eigenvalue weighted by molar-refractivity contribution is -0.133. The fourth-order valence-electron chi connectivity index (χ4n) is 3.37. The molecular weight excluding hydrogens is 505 g/mol. The van der Waals surface area contributed by atoms with Gasteiger partial charge >= 0.3 is 0 Å². The molecule has 0 atom stereocenters. The zero-order valence-corrected chi connectivity index (χ0v) is 20.5. The highest BCUT2D eigenvalue weighted by Gasteiger charge is 2.23. The van der Waals surface area contributed by atoms with Gasteiger partial charge in [0.1, 0.15) is 17.4 Å². The van der Waals surface area contributed by atoms with E-state index in [1.54, 1.807) is 24.0 Å². The van der Waals surface area contributed by atoms with Crippen LogP contribution in [-0.2, 0) is 14.8 Å². The lowest BCUT2D eigenvalue weighted by Gasteiger charge is -2.36. The van der Waals surface area contributed by atoms with Crippen molar-refractivity contribution < 1.29 is 22.3 Å². The summed E-state index contributed by atoms with van der Waals surface area (Å²) in [7, 11) is -3.76. The topological polar surface area (TPSA) is 105 Å². The van der Waals surface area contributed by atoms with Crippen LogP contribution in [0.3, 0.4) is 0 Å². The minimum atomic E-state index is -3.76. The van der Waals surface area contributed by atoms with Crippen LogP contribution in [-0.4, -0.2) is 61.4 Å². The van der Waals surface area contributed by atoms with Crippen LogP contribution < -0.4 is 14.4 Å². The van der Waals surface area contributed by atoms with Crippen LogP contribution in [0.2, 0.25) is 5.02 Å². The molecule has 0 bridgehead atoms. The summed E-state index contributed by atoms with van der Waals surface area (Å²) in [6, 6.07) is 10.5. The largest absolute Gasteiger partial charge is 0.484 e. The smallest absolute Gasteiger partial charge is 0.263 e. The Morgan fingerprint density at radius 1 is 1.18 bits per heavy atom. The lowest BCUT2D eigenvalue weighted by Crippen LogP contribution is -2.50. The molecule has 1 amide bonds. The minimum Gasteiger partial charge on any atom is -0.484 e. The van der Waals surface area contributed by atoms with Crippen molar-refractivity contribution in [1.82, 2.24) is 14.3 Å². The Morgan fingerprint density at radius 2 is 1.88 bits per heavy atom. The number of hydrogen-bond donors (Lipinski definition) is 1. The summed E-state index contributed by atoms with van der Waals surface area (Å²) in [6.45, 7) is 3.67. The number of carbonyl (C=O) groups is 1. The van der Waals surface area contributed by atoms with Gasteiger partial charge in [-0.15, -0.1) is 0 Å². The normalized spacial score (nSPS) is 14.2. The third kappa shape index (κ3) is 5.75. The molecule has 2 heterocycles. The number of sulfonamides is 1. The van der Waals surface area contributed by atoms with Crippen molar-refractivity contribution >= 4 is 49.9 Å². The van der Waals surface area contributed by atoms with Crippen molar-refractivity contribution in [3.05, 3.63) is 59.1 Å². The van der Waals surface area contributed by atoms with Crippen molar-refractivity contribution in [2.45, 2.75) is 11.8 Å². The first-order chi connectivity index (χ1) is 16.2. The number of anilines is 2. The molecule has 3 aromatic rings. The SMILES string of the molecule is Cc1nsc(NS(=O)(=O)c2ccc(N3CCN(C(=O)COc4ccc(F)c(Cl)c4)CC3)cc2)n1. The highest BCUT2D eigenvalue weighted by molar-refractivity contribution is 7.93. The van der Waals surface area contributed by atoms with E-state index in [-0.39, 0.29) is 27.6 Å². The number of nitrogens with zero attached hydrogens (tertiary/aromatic N) is 4. The first kappa shape index (κ1) is 24.2. The van der Waals surface area contributed by atoms with E-state index in [1.807, 2.05) is 0 Å². The summed E-state index contributed by atoms with van der Waals surface area (Å²) >= 11 is 6.71. The maximum absolute atomic E-state index is 13.2. The van der Waals surface area contributed by atoms with Crippen molar-refractivity contribution in [2.75, 3.05) is 42.4 Å². The quantitative estimate of drug-likeness (QED) is 0.505. The van der Waals surface area contributed by atoms with Crippen LogP contribution >= 0.6 is 23.1 Å². The van der Waals surface area contributed by atoms with E-state index in [1.165, 1.54) is 30.3 Å². The Hall–Kier alpha value is -2.96. The number of nitrogens with one attached hydrogen (secondary N) is 1. The number of aromatic nitrogens is 2. The van der Waals surface area contributed by atoms with Gasteiger partial charge in [-0.3, -0.25) is 9.52 Å². The van der Waals surface area contributed by atoms with Crippen molar-refractivity contribution in [3.8, 4) is 5.75 Å². The highest BCUT2D eigenvalue weighted by Crippen LogP contribution is 2.23. The molecule has 1 saturated heterocycles. The fourth-order valence-corrected chi connectivity index (χ4v) is 5.33. The van der Waals surface area contributed by atoms with Crippen LogP contribution in [0.15, 0.2) is 47.4 Å². The number of halogens is 2. The number of benzene rings is 2. The van der Waals surface area contributed by atoms with E-state index in [0.717, 1.165) is 17.2 Å². The molecule has 2 aromatic carbocycles. The van der Waals surface area contributed by atoms with Gasteiger partial charge in [0.25, 0.3) is 15.9 Å². The molecule has 0 radical (unpaired) electrons. The third-order valence-corrected chi connectivity index (χ3v) is 7.64. The van der Waals surface area contributed by atoms with Gasteiger partial charge in [-0.25, -0.2) is 17.8 Å². The summed E-state index contributed by atoms with van der Waals surface area (Å²) in [5.41, 5.74) is 0.856. The predicted molar refractivity (Wildman–Crippen MR) is 128 cm³/mol. The molecule has 180 valence electrons. The zero-order chi connectivity index (χ0) is 24.3. The number of aryl methyl sites for hydroxylation is 1. The summed E-state index contributed by atoms with van der Waals surface area (Å²) < 4.78 is 50.1. The minimum absolute atomic E-state index is 0.0662. The molecule has 1 N–H and O–H groups in total. The average molecular weight is 526 g/mol. The summed E-state index contributed by atoms with van der Waals surface area (Å²) in [5, 5.41) is 0.150. The first-order valence-electron chi connectivity index (χ1n) is 10.2. The monoisotopic (exact) mass is 525 g/mol. The van der Waals surface area contributed by atoms with Crippen molar-refractivity contribution in [2.24, 2.45) is 0 Å². The Labute approximate surface area is 205 Å². The van der Waals surface area contributed by atoms with Gasteiger partial charge in [0.15, 0.2) is 6.61 Å². The van der Waals surface area contributed by atoms with Crippen LogP contribution in [0.1, 0.15) is 5.82 Å². The van der Waals surface area contributed by atoms with E-state index < -0.39 is 15.8 Å². The van der Waals surface area contributed by atoms with Crippen molar-refractivity contribution in [3.63, 3.8) is 0 Å². The number of piperazine rings is 1. The molecule has 13 heteroatoms. The van der Waals surface area contributed by atoms with Gasteiger partial charge in [0.05, 0.1) is 9.92 Å². The molecule has 34 heavy (non-hydrogen) atoms. The number of amides is 1. The summed E-state index contributed by atoms with van der Waals surface area (Å²) in [5.74, 6) is 0.0936. The van der Waals surface area contributed by atoms with E-state index in [9.17, 15) is 17.6 Å². The Kier molecular flexibility index (Phi) is 7.19. The van der Waals surface area contributed by atoms with Crippen LogP contribution in [0.4, 0.5) is 15.2 Å². The van der Waals surface area contributed by atoms with Crippen LogP contribution in [0, 0.1) is 12.7 Å². The Balaban J connectivity index is 1.29. The second-order valence-corrected chi connectivity index (χ2v) is 10.3. The molecule has 1 fully saturated rings. The number of ether oxygens (including phenoxy) is 1. The molecule has 1 aliphatic heterocycles. The van der Waals surface area contributed by atoms with E-state index in [2.05, 4.69) is 19.0 Å². The Bertz CT molecular complexity index is 1280. The lowest BCUT2D eigenvalue weighted by atomic mass is 10.2. The molecule has 4 rings (SSSR count). The first-order valence-corrected chi connectivity index (χ1v) is 12.9. The third-order valence-electron chi connectivity index (χ3n) is 5.15. The number of hydrogen-bond acceptors (Lipinski definition) is 8. The summed E-state index contributed by atoms with van der Waals surface area (Å²) in [6.07, 6.45) is 0. The van der Waals surface area contributed by atoms with Gasteiger partial charge in [-0.1, -0.05) is 11.6 Å².